The first-order valence-corrected chi connectivity index (χ1v) is 5.29. The zero-order valence-corrected chi connectivity index (χ0v) is 9.37. The van der Waals surface area contributed by atoms with Crippen LogP contribution in [0.3, 0.4) is 0 Å². The fourth-order valence-electron chi connectivity index (χ4n) is 1.86. The van der Waals surface area contributed by atoms with Crippen LogP contribution in [0.15, 0.2) is 12.7 Å². The normalized spacial score (nSPS) is 21.1. The first-order chi connectivity index (χ1) is 6.51. The molecule has 3 heteroatoms. The number of aliphatic hydroxyl groups is 1. The molecule has 1 heterocycles. The molecule has 1 N–H and O–H groups in total. The fraction of sp³-hybridized carbons (Fsp3) is 0.818. The second-order valence-corrected chi connectivity index (χ2v) is 4.68. The third kappa shape index (κ3) is 4.22. The highest BCUT2D eigenvalue weighted by Gasteiger charge is 2.21. The quantitative estimate of drug-likeness (QED) is 0.669. The average molecular weight is 198 g/mol. The smallest absolute Gasteiger partial charge is 0.0718 e. The van der Waals surface area contributed by atoms with Gasteiger partial charge in [-0.05, 0) is 13.8 Å². The molecular weight excluding hydrogens is 176 g/mol. The Labute approximate surface area is 87.0 Å². The Morgan fingerprint density at radius 1 is 1.21 bits per heavy atom. The highest BCUT2D eigenvalue weighted by molar-refractivity contribution is 4.81. The average Bonchev–Trinajstić information content (AvgIpc) is 2.06. The Morgan fingerprint density at radius 2 is 1.71 bits per heavy atom. The highest BCUT2D eigenvalue weighted by atomic mass is 16.3. The summed E-state index contributed by atoms with van der Waals surface area (Å²) in [5.41, 5.74) is -0.569. The van der Waals surface area contributed by atoms with Crippen molar-refractivity contribution in [1.82, 2.24) is 9.80 Å². The van der Waals surface area contributed by atoms with Crippen LogP contribution in [0.5, 0.6) is 0 Å². The summed E-state index contributed by atoms with van der Waals surface area (Å²) in [7, 11) is 0. The van der Waals surface area contributed by atoms with Crippen molar-refractivity contribution in [3.8, 4) is 0 Å². The van der Waals surface area contributed by atoms with Gasteiger partial charge in [0.25, 0.3) is 0 Å². The Bertz CT molecular complexity index is 178. The second-order valence-electron chi connectivity index (χ2n) is 4.68. The number of hydrogen-bond acceptors (Lipinski definition) is 3. The van der Waals surface area contributed by atoms with Crippen molar-refractivity contribution in [3.05, 3.63) is 12.7 Å². The van der Waals surface area contributed by atoms with E-state index in [4.69, 9.17) is 0 Å². The standard InChI is InChI=1S/C11H22N2O/c1-4-5-12-6-8-13(9-7-12)10-11(2,3)14/h4,14H,1,5-10H2,2-3H3. The van der Waals surface area contributed by atoms with Gasteiger partial charge in [-0.15, -0.1) is 6.58 Å². The van der Waals surface area contributed by atoms with Gasteiger partial charge in [0.15, 0.2) is 0 Å². The van der Waals surface area contributed by atoms with Crippen molar-refractivity contribution < 1.29 is 5.11 Å². The second kappa shape index (κ2) is 4.91. The molecule has 0 amide bonds. The first kappa shape index (κ1) is 11.7. The van der Waals surface area contributed by atoms with Gasteiger partial charge in [0.1, 0.15) is 0 Å². The Kier molecular flexibility index (Phi) is 4.11. The molecule has 0 unspecified atom stereocenters. The summed E-state index contributed by atoms with van der Waals surface area (Å²) in [6, 6.07) is 0. The Hall–Kier alpha value is -0.380. The number of nitrogens with zero attached hydrogens (tertiary/aromatic N) is 2. The van der Waals surface area contributed by atoms with E-state index < -0.39 is 5.60 Å². The van der Waals surface area contributed by atoms with Gasteiger partial charge in [-0.2, -0.15) is 0 Å². The van der Waals surface area contributed by atoms with Crippen LogP contribution in [0.4, 0.5) is 0 Å². The van der Waals surface area contributed by atoms with Gasteiger partial charge in [0.05, 0.1) is 5.60 Å². The monoisotopic (exact) mass is 198 g/mol. The van der Waals surface area contributed by atoms with Crippen molar-refractivity contribution in [1.29, 1.82) is 0 Å². The third-order valence-electron chi connectivity index (χ3n) is 2.46. The number of piperazine rings is 1. The zero-order chi connectivity index (χ0) is 10.6. The molecule has 0 radical (unpaired) electrons. The lowest BCUT2D eigenvalue weighted by Crippen LogP contribution is -2.50. The number of β-amino-alcohol motifs (C(OH)–C–C–N with tert-alkyl or cyclic N) is 1. The molecule has 0 aliphatic carbocycles. The minimum Gasteiger partial charge on any atom is -0.389 e. The van der Waals surface area contributed by atoms with Gasteiger partial charge < -0.3 is 5.11 Å². The van der Waals surface area contributed by atoms with Crippen LogP contribution in [-0.2, 0) is 0 Å². The molecule has 82 valence electrons. The highest BCUT2D eigenvalue weighted by Crippen LogP contribution is 2.08. The maximum Gasteiger partial charge on any atom is 0.0718 e. The third-order valence-corrected chi connectivity index (χ3v) is 2.46. The molecule has 1 fully saturated rings. The molecule has 1 saturated heterocycles. The van der Waals surface area contributed by atoms with E-state index in [0.29, 0.717) is 0 Å². The Morgan fingerprint density at radius 3 is 2.14 bits per heavy atom. The maximum absolute atomic E-state index is 9.67. The SMILES string of the molecule is C=CCN1CCN(CC(C)(C)O)CC1. The number of hydrogen-bond donors (Lipinski definition) is 1. The van der Waals surface area contributed by atoms with E-state index in [2.05, 4.69) is 16.4 Å². The molecule has 0 spiro atoms. The lowest BCUT2D eigenvalue weighted by Gasteiger charge is -2.36. The van der Waals surface area contributed by atoms with Gasteiger partial charge in [-0.3, -0.25) is 9.80 Å². The molecule has 0 atom stereocenters. The molecule has 14 heavy (non-hydrogen) atoms. The molecule has 0 aromatic carbocycles. The molecule has 0 saturated carbocycles. The van der Waals surface area contributed by atoms with Crippen molar-refractivity contribution in [2.75, 3.05) is 39.3 Å². The van der Waals surface area contributed by atoms with Gasteiger partial charge in [0, 0.05) is 39.3 Å². The molecule has 0 bridgehead atoms. The van der Waals surface area contributed by atoms with E-state index in [1.165, 1.54) is 0 Å². The summed E-state index contributed by atoms with van der Waals surface area (Å²) in [6.07, 6.45) is 1.95. The molecule has 0 aromatic heterocycles. The van der Waals surface area contributed by atoms with Crippen LogP contribution < -0.4 is 0 Å². The summed E-state index contributed by atoms with van der Waals surface area (Å²) >= 11 is 0. The largest absolute Gasteiger partial charge is 0.389 e. The summed E-state index contributed by atoms with van der Waals surface area (Å²) in [5, 5.41) is 9.67. The molecule has 0 aromatic rings. The van der Waals surface area contributed by atoms with Crippen LogP contribution in [0.1, 0.15) is 13.8 Å². The first-order valence-electron chi connectivity index (χ1n) is 5.29. The van der Waals surface area contributed by atoms with E-state index in [1.807, 2.05) is 19.9 Å². The Balaban J connectivity index is 2.25. The summed E-state index contributed by atoms with van der Waals surface area (Å²) in [5.74, 6) is 0. The van der Waals surface area contributed by atoms with Crippen molar-refractivity contribution in [2.24, 2.45) is 0 Å². The van der Waals surface area contributed by atoms with Gasteiger partial charge in [0.2, 0.25) is 0 Å². The van der Waals surface area contributed by atoms with E-state index in [-0.39, 0.29) is 0 Å². The lowest BCUT2D eigenvalue weighted by atomic mass is 10.1. The van der Waals surface area contributed by atoms with Crippen LogP contribution in [0, 0.1) is 0 Å². The van der Waals surface area contributed by atoms with Gasteiger partial charge >= 0.3 is 0 Å². The van der Waals surface area contributed by atoms with Crippen LogP contribution in [-0.4, -0.2) is 59.8 Å². The minimum atomic E-state index is -0.569. The predicted octanol–water partition coefficient (Wildman–Crippen LogP) is 0.561. The summed E-state index contributed by atoms with van der Waals surface area (Å²) < 4.78 is 0. The molecule has 1 aliphatic heterocycles. The molecular formula is C11H22N2O. The van der Waals surface area contributed by atoms with E-state index in [0.717, 1.165) is 39.3 Å². The van der Waals surface area contributed by atoms with E-state index in [1.54, 1.807) is 0 Å². The number of rotatable bonds is 4. The van der Waals surface area contributed by atoms with Crippen LogP contribution in [0.2, 0.25) is 0 Å². The summed E-state index contributed by atoms with van der Waals surface area (Å²) in [6.45, 7) is 13.5. The van der Waals surface area contributed by atoms with Crippen molar-refractivity contribution in [3.63, 3.8) is 0 Å². The predicted molar refractivity (Wildman–Crippen MR) is 59.4 cm³/mol. The zero-order valence-electron chi connectivity index (χ0n) is 9.37. The lowest BCUT2D eigenvalue weighted by molar-refractivity contribution is 0.0193. The minimum absolute atomic E-state index is 0.569. The summed E-state index contributed by atoms with van der Waals surface area (Å²) in [4.78, 5) is 4.70. The molecule has 1 rings (SSSR count). The van der Waals surface area contributed by atoms with Crippen LogP contribution in [0.25, 0.3) is 0 Å². The molecule has 1 aliphatic rings. The van der Waals surface area contributed by atoms with Gasteiger partial charge in [-0.1, -0.05) is 6.08 Å². The van der Waals surface area contributed by atoms with Crippen LogP contribution >= 0.6 is 0 Å². The maximum atomic E-state index is 9.67. The van der Waals surface area contributed by atoms with E-state index in [9.17, 15) is 5.11 Å². The van der Waals surface area contributed by atoms with E-state index >= 15 is 0 Å². The van der Waals surface area contributed by atoms with Crippen molar-refractivity contribution >= 4 is 0 Å². The molecule has 3 nitrogen and oxygen atoms in total. The fourth-order valence-corrected chi connectivity index (χ4v) is 1.86. The topological polar surface area (TPSA) is 26.7 Å². The van der Waals surface area contributed by atoms with Crippen molar-refractivity contribution in [2.45, 2.75) is 19.4 Å². The van der Waals surface area contributed by atoms with Gasteiger partial charge in [-0.25, -0.2) is 0 Å².